The number of guanidine groups is 1. The molecule has 0 atom stereocenters. The van der Waals surface area contributed by atoms with Crippen molar-refractivity contribution in [3.05, 3.63) is 29.8 Å². The van der Waals surface area contributed by atoms with E-state index in [1.54, 1.807) is 0 Å². The standard InChI is InChI=1S/C19H34N4O.HI/c1-7-20-18(22-14-19(3,4)15-23(5)6)21-13-16-11-9-10-12-17(16)24-8-2;/h9-12H,7-8,13-15H2,1-6H3,(H2,20,21,22);1H. The molecular formula is C19H35IN4O. The van der Waals surface area contributed by atoms with Gasteiger partial charge in [-0.25, -0.2) is 4.99 Å². The number of nitrogens with zero attached hydrogens (tertiary/aromatic N) is 2. The number of hydrogen-bond donors (Lipinski definition) is 2. The molecule has 1 rings (SSSR count). The van der Waals surface area contributed by atoms with Crippen LogP contribution in [0, 0.1) is 5.41 Å². The van der Waals surface area contributed by atoms with Crippen LogP contribution in [0.1, 0.15) is 33.3 Å². The zero-order valence-corrected chi connectivity index (χ0v) is 18.9. The molecule has 0 unspecified atom stereocenters. The fourth-order valence-electron chi connectivity index (χ4n) is 2.67. The summed E-state index contributed by atoms with van der Waals surface area (Å²) in [6, 6.07) is 8.07. The molecule has 144 valence electrons. The molecule has 0 saturated carbocycles. The Hall–Kier alpha value is -1.02. The molecular weight excluding hydrogens is 427 g/mol. The summed E-state index contributed by atoms with van der Waals surface area (Å²) < 4.78 is 5.67. The van der Waals surface area contributed by atoms with Crippen LogP contribution < -0.4 is 15.4 Å². The molecule has 0 radical (unpaired) electrons. The van der Waals surface area contributed by atoms with Gasteiger partial charge in [-0.2, -0.15) is 0 Å². The zero-order valence-electron chi connectivity index (χ0n) is 16.6. The van der Waals surface area contributed by atoms with E-state index in [2.05, 4.69) is 56.5 Å². The first-order valence-corrected chi connectivity index (χ1v) is 8.75. The van der Waals surface area contributed by atoms with E-state index in [9.17, 15) is 0 Å². The van der Waals surface area contributed by atoms with Crippen molar-refractivity contribution in [1.29, 1.82) is 0 Å². The van der Waals surface area contributed by atoms with Crippen LogP contribution in [0.25, 0.3) is 0 Å². The summed E-state index contributed by atoms with van der Waals surface area (Å²) in [4.78, 5) is 6.92. The Labute approximate surface area is 170 Å². The van der Waals surface area contributed by atoms with Crippen molar-refractivity contribution < 1.29 is 4.74 Å². The lowest BCUT2D eigenvalue weighted by molar-refractivity contribution is 0.241. The molecule has 5 nitrogen and oxygen atoms in total. The first kappa shape index (κ1) is 24.0. The van der Waals surface area contributed by atoms with Gasteiger partial charge in [0.25, 0.3) is 0 Å². The van der Waals surface area contributed by atoms with Crippen LogP contribution in [-0.4, -0.2) is 51.2 Å². The molecule has 6 heteroatoms. The molecule has 2 N–H and O–H groups in total. The van der Waals surface area contributed by atoms with Crippen molar-refractivity contribution in [2.75, 3.05) is 40.3 Å². The van der Waals surface area contributed by atoms with Gasteiger partial charge in [0.05, 0.1) is 13.2 Å². The smallest absolute Gasteiger partial charge is 0.191 e. The van der Waals surface area contributed by atoms with Gasteiger partial charge in [0, 0.05) is 25.2 Å². The van der Waals surface area contributed by atoms with Gasteiger partial charge in [-0.3, -0.25) is 0 Å². The minimum absolute atomic E-state index is 0. The predicted molar refractivity (Wildman–Crippen MR) is 118 cm³/mol. The van der Waals surface area contributed by atoms with Crippen LogP contribution in [0.15, 0.2) is 29.3 Å². The molecule has 0 aliphatic rings. The molecule has 0 bridgehead atoms. The van der Waals surface area contributed by atoms with Gasteiger partial charge in [-0.1, -0.05) is 32.0 Å². The molecule has 1 aromatic carbocycles. The van der Waals surface area contributed by atoms with Crippen molar-refractivity contribution >= 4 is 29.9 Å². The average molecular weight is 462 g/mol. The average Bonchev–Trinajstić information content (AvgIpc) is 2.50. The summed E-state index contributed by atoms with van der Waals surface area (Å²) >= 11 is 0. The van der Waals surface area contributed by atoms with Crippen LogP contribution in [0.4, 0.5) is 0 Å². The van der Waals surface area contributed by atoms with Gasteiger partial charge >= 0.3 is 0 Å². The molecule has 0 amide bonds. The number of para-hydroxylation sites is 1. The van der Waals surface area contributed by atoms with Crippen LogP contribution in [0.2, 0.25) is 0 Å². The molecule has 0 heterocycles. The third-order valence-electron chi connectivity index (χ3n) is 3.50. The Morgan fingerprint density at radius 1 is 1.16 bits per heavy atom. The van der Waals surface area contributed by atoms with Crippen LogP contribution >= 0.6 is 24.0 Å². The maximum Gasteiger partial charge on any atom is 0.191 e. The molecule has 0 fully saturated rings. The summed E-state index contributed by atoms with van der Waals surface area (Å²) in [5, 5.41) is 6.77. The van der Waals surface area contributed by atoms with E-state index in [0.29, 0.717) is 13.2 Å². The maximum atomic E-state index is 5.67. The monoisotopic (exact) mass is 462 g/mol. The summed E-state index contributed by atoms with van der Waals surface area (Å²) in [7, 11) is 4.21. The van der Waals surface area contributed by atoms with Crippen molar-refractivity contribution in [1.82, 2.24) is 15.5 Å². The second-order valence-electron chi connectivity index (χ2n) is 6.99. The highest BCUT2D eigenvalue weighted by Crippen LogP contribution is 2.19. The number of benzene rings is 1. The molecule has 0 aliphatic heterocycles. The number of hydrogen-bond acceptors (Lipinski definition) is 3. The molecule has 0 aromatic heterocycles. The van der Waals surface area contributed by atoms with E-state index in [1.165, 1.54) is 0 Å². The molecule has 0 spiro atoms. The van der Waals surface area contributed by atoms with Crippen molar-refractivity contribution in [2.45, 2.75) is 34.2 Å². The van der Waals surface area contributed by atoms with E-state index in [1.807, 2.05) is 25.1 Å². The van der Waals surface area contributed by atoms with E-state index in [-0.39, 0.29) is 29.4 Å². The Morgan fingerprint density at radius 3 is 2.44 bits per heavy atom. The van der Waals surface area contributed by atoms with E-state index >= 15 is 0 Å². The summed E-state index contributed by atoms with van der Waals surface area (Å²) in [6.07, 6.45) is 0. The van der Waals surface area contributed by atoms with Gasteiger partial charge < -0.3 is 20.3 Å². The summed E-state index contributed by atoms with van der Waals surface area (Å²) in [5.74, 6) is 1.75. The third kappa shape index (κ3) is 9.89. The normalized spacial score (nSPS) is 11.9. The fraction of sp³-hybridized carbons (Fsp3) is 0.632. The number of rotatable bonds is 9. The highest BCUT2D eigenvalue weighted by atomic mass is 127. The number of nitrogens with one attached hydrogen (secondary N) is 2. The third-order valence-corrected chi connectivity index (χ3v) is 3.50. The van der Waals surface area contributed by atoms with Crippen LogP contribution in [0.5, 0.6) is 5.75 Å². The Kier molecular flexibility index (Phi) is 11.8. The van der Waals surface area contributed by atoms with Gasteiger partial charge in [0.15, 0.2) is 5.96 Å². The maximum absolute atomic E-state index is 5.67. The van der Waals surface area contributed by atoms with Crippen molar-refractivity contribution in [2.24, 2.45) is 10.4 Å². The van der Waals surface area contributed by atoms with Gasteiger partial charge in [0.2, 0.25) is 0 Å². The first-order chi connectivity index (χ1) is 11.4. The number of aliphatic imine (C=N–C) groups is 1. The zero-order chi connectivity index (χ0) is 18.0. The van der Waals surface area contributed by atoms with Crippen molar-refractivity contribution in [3.8, 4) is 5.75 Å². The summed E-state index contributed by atoms with van der Waals surface area (Å²) in [5.41, 5.74) is 1.27. The molecule has 0 aliphatic carbocycles. The largest absolute Gasteiger partial charge is 0.494 e. The lowest BCUT2D eigenvalue weighted by atomic mass is 9.93. The SMILES string of the molecule is CCNC(=NCc1ccccc1OCC)NCC(C)(C)CN(C)C.I. The quantitative estimate of drug-likeness (QED) is 0.336. The van der Waals surface area contributed by atoms with Crippen LogP contribution in [-0.2, 0) is 6.54 Å². The summed E-state index contributed by atoms with van der Waals surface area (Å²) in [6.45, 7) is 12.6. The minimum Gasteiger partial charge on any atom is -0.494 e. The molecule has 25 heavy (non-hydrogen) atoms. The van der Waals surface area contributed by atoms with E-state index < -0.39 is 0 Å². The highest BCUT2D eigenvalue weighted by Gasteiger charge is 2.19. The molecule has 0 saturated heterocycles. The second kappa shape index (κ2) is 12.4. The van der Waals surface area contributed by atoms with Gasteiger partial charge in [0.1, 0.15) is 5.75 Å². The first-order valence-electron chi connectivity index (χ1n) is 8.75. The molecule has 1 aromatic rings. The van der Waals surface area contributed by atoms with Gasteiger partial charge in [-0.05, 0) is 39.4 Å². The fourth-order valence-corrected chi connectivity index (χ4v) is 2.67. The topological polar surface area (TPSA) is 48.9 Å². The Balaban J connectivity index is 0.00000576. The lowest BCUT2D eigenvalue weighted by Gasteiger charge is -2.29. The Morgan fingerprint density at radius 2 is 1.84 bits per heavy atom. The lowest BCUT2D eigenvalue weighted by Crippen LogP contribution is -2.44. The van der Waals surface area contributed by atoms with Crippen molar-refractivity contribution in [3.63, 3.8) is 0 Å². The number of halogens is 1. The van der Waals surface area contributed by atoms with E-state index in [0.717, 1.165) is 36.9 Å². The van der Waals surface area contributed by atoms with E-state index in [4.69, 9.17) is 9.73 Å². The minimum atomic E-state index is 0. The second-order valence-corrected chi connectivity index (χ2v) is 6.99. The van der Waals surface area contributed by atoms with Crippen LogP contribution in [0.3, 0.4) is 0 Å². The highest BCUT2D eigenvalue weighted by molar-refractivity contribution is 14.0. The van der Waals surface area contributed by atoms with Gasteiger partial charge in [-0.15, -0.1) is 24.0 Å². The number of ether oxygens (including phenoxy) is 1. The predicted octanol–water partition coefficient (Wildman–Crippen LogP) is 3.35. The Bertz CT molecular complexity index is 518.